The van der Waals surface area contributed by atoms with Gasteiger partial charge in [0.25, 0.3) is 0 Å². The van der Waals surface area contributed by atoms with Gasteiger partial charge >= 0.3 is 12.2 Å². The zero-order valence-corrected chi connectivity index (χ0v) is 33.5. The van der Waals surface area contributed by atoms with E-state index in [0.717, 1.165) is 29.3 Å². The maximum Gasteiger partial charge on any atom is 0.416 e. The number of carbonyl (C=O) groups excluding carboxylic acids is 2. The molecule has 12 heteroatoms. The molecule has 4 atom stereocenters. The molecular weight excluding hydrogens is 757 g/mol. The first kappa shape index (κ1) is 42.0. The third-order valence-corrected chi connectivity index (χ3v) is 12.2. The van der Waals surface area contributed by atoms with E-state index >= 15 is 0 Å². The number of aliphatic hydroxyl groups is 2. The number of fused-ring (bicyclic) bond motifs is 8. The van der Waals surface area contributed by atoms with Crippen molar-refractivity contribution in [1.29, 1.82) is 0 Å². The summed E-state index contributed by atoms with van der Waals surface area (Å²) in [7, 11) is 1.57. The fourth-order valence-corrected chi connectivity index (χ4v) is 8.75. The number of nitrogens with zero attached hydrogens (tertiary/aromatic N) is 1. The summed E-state index contributed by atoms with van der Waals surface area (Å²) in [6.07, 6.45) is 1.10. The Balaban J connectivity index is 1.39. The van der Waals surface area contributed by atoms with Gasteiger partial charge in [-0.1, -0.05) is 49.2 Å². The maximum atomic E-state index is 14.6. The van der Waals surface area contributed by atoms with E-state index in [9.17, 15) is 33.0 Å². The maximum absolute atomic E-state index is 14.6. The lowest BCUT2D eigenvalue weighted by Crippen LogP contribution is -2.54. The highest BCUT2D eigenvalue weighted by Crippen LogP contribution is 2.59. The number of benzene rings is 3. The highest BCUT2D eigenvalue weighted by atomic mass is 35.5. The zero-order chi connectivity index (χ0) is 41.1. The van der Waals surface area contributed by atoms with E-state index in [1.807, 2.05) is 32.9 Å². The molecule has 0 saturated heterocycles. The van der Waals surface area contributed by atoms with Crippen LogP contribution in [0.3, 0.4) is 0 Å². The van der Waals surface area contributed by atoms with Crippen molar-refractivity contribution in [3.05, 3.63) is 117 Å². The molecule has 3 aliphatic carbocycles. The number of nitrogens with one attached hydrogen (secondary N) is 1. The van der Waals surface area contributed by atoms with Crippen LogP contribution in [0.2, 0.25) is 5.02 Å². The van der Waals surface area contributed by atoms with Gasteiger partial charge in [0.05, 0.1) is 35.9 Å². The lowest BCUT2D eigenvalue weighted by Gasteiger charge is -2.46. The second-order valence-electron chi connectivity index (χ2n) is 15.7. The van der Waals surface area contributed by atoms with Crippen LogP contribution < -0.4 is 10.1 Å². The summed E-state index contributed by atoms with van der Waals surface area (Å²) >= 11 is 6.32. The summed E-state index contributed by atoms with van der Waals surface area (Å²) in [6, 6.07) is 18.0. The predicted octanol–water partition coefficient (Wildman–Crippen LogP) is 10.8. The molecule has 0 unspecified atom stereocenters. The summed E-state index contributed by atoms with van der Waals surface area (Å²) in [5, 5.41) is 26.9. The fraction of sp³-hybridized carbons (Fsp3) is 0.422. The molecule has 1 fully saturated rings. The summed E-state index contributed by atoms with van der Waals surface area (Å²) in [5.74, 6) is -0.238. The van der Waals surface area contributed by atoms with Crippen molar-refractivity contribution < 1.29 is 42.1 Å². The normalized spacial score (nSPS) is 22.7. The van der Waals surface area contributed by atoms with Crippen molar-refractivity contribution in [1.82, 2.24) is 4.90 Å². The molecule has 3 aromatic carbocycles. The number of carbonyl (C=O) groups is 2. The molecule has 0 radical (unpaired) electrons. The minimum Gasteiger partial charge on any atom is -0.497 e. The topological polar surface area (TPSA) is 112 Å². The Hall–Kier alpha value is -4.58. The van der Waals surface area contributed by atoms with E-state index < -0.39 is 34.6 Å². The second-order valence-corrected chi connectivity index (χ2v) is 16.1. The number of allylic oxidation sites excluding steroid dienone is 2. The van der Waals surface area contributed by atoms with Crippen molar-refractivity contribution in [3.8, 4) is 17.1 Å². The Morgan fingerprint density at radius 1 is 1.04 bits per heavy atom. The molecule has 2 bridgehead atoms. The number of rotatable bonds is 9. The molecule has 0 aliphatic heterocycles. The van der Waals surface area contributed by atoms with E-state index in [1.54, 1.807) is 42.3 Å². The van der Waals surface area contributed by atoms with Gasteiger partial charge in [0, 0.05) is 28.8 Å². The van der Waals surface area contributed by atoms with Crippen molar-refractivity contribution in [2.24, 2.45) is 5.41 Å². The fourth-order valence-electron chi connectivity index (χ4n) is 8.54. The molecule has 1 saturated carbocycles. The van der Waals surface area contributed by atoms with Crippen molar-refractivity contribution in [3.63, 3.8) is 0 Å². The first-order valence-corrected chi connectivity index (χ1v) is 19.8. The number of methoxy groups -OCH3 is 1. The Kier molecular flexibility index (Phi) is 12.6. The van der Waals surface area contributed by atoms with Crippen LogP contribution in [0.25, 0.3) is 11.3 Å². The van der Waals surface area contributed by atoms with Gasteiger partial charge in [0.15, 0.2) is 5.76 Å². The number of hydrogen-bond donors (Lipinski definition) is 3. The van der Waals surface area contributed by atoms with Crippen molar-refractivity contribution in [2.75, 3.05) is 25.5 Å². The number of hydrogen-bond acceptors (Lipinski definition) is 6. The number of anilines is 1. The molecule has 1 aromatic heterocycles. The Morgan fingerprint density at radius 3 is 2.49 bits per heavy atom. The van der Waals surface area contributed by atoms with E-state index in [4.69, 9.17) is 20.8 Å². The number of ether oxygens (including phenoxy) is 1. The van der Waals surface area contributed by atoms with Crippen molar-refractivity contribution >= 4 is 29.1 Å². The molecule has 1 heterocycles. The van der Waals surface area contributed by atoms with Crippen LogP contribution in [0.15, 0.2) is 88.9 Å². The third kappa shape index (κ3) is 9.11. The largest absolute Gasteiger partial charge is 0.497 e. The number of furan rings is 1. The molecule has 3 N–H and O–H groups in total. The summed E-state index contributed by atoms with van der Waals surface area (Å²) < 4.78 is 52.0. The smallest absolute Gasteiger partial charge is 0.416 e. The van der Waals surface area contributed by atoms with Gasteiger partial charge in [0.1, 0.15) is 11.5 Å². The number of halogens is 4. The molecule has 8 nitrogen and oxygen atoms in total. The number of ketones is 1. The lowest BCUT2D eigenvalue weighted by atomic mass is 9.64. The molecule has 2 amide bonds. The Labute approximate surface area is 336 Å². The lowest BCUT2D eigenvalue weighted by molar-refractivity contribution is -0.137. The standard InChI is InChI=1S/C45H50ClF3N2O6/c1-5-23-51(42(54)50-31-11-14-33(56-4)15-12-31)27-44(55)22-20-37-34-16-9-29(24-32(52)13-8-28(2)7-6-21-43(37,44)3)25-35(34)41(53)40-19-18-39(57-40)36-26-30(45(47,48)49)10-17-38(36)46/h7,9-12,14-19,25-26,32,37,52,55H,5-6,8,13,20-24,27H2,1-4H3,(H,50,54)/t32-,37-,43-,44+/m0/s1. The first-order valence-electron chi connectivity index (χ1n) is 19.5. The van der Waals surface area contributed by atoms with E-state index in [1.165, 1.54) is 12.1 Å². The summed E-state index contributed by atoms with van der Waals surface area (Å²) in [5.41, 5.74) is 0.401. The second kappa shape index (κ2) is 17.1. The van der Waals surface area contributed by atoms with Gasteiger partial charge in [-0.2, -0.15) is 13.2 Å². The molecule has 0 spiro atoms. The monoisotopic (exact) mass is 806 g/mol. The van der Waals surface area contributed by atoms with E-state index in [0.29, 0.717) is 80.5 Å². The molecule has 4 aromatic rings. The average Bonchev–Trinajstić information content (AvgIpc) is 3.76. The molecule has 304 valence electrons. The van der Waals surface area contributed by atoms with Crippen LogP contribution in [0.1, 0.15) is 104 Å². The predicted molar refractivity (Wildman–Crippen MR) is 215 cm³/mol. The van der Waals surface area contributed by atoms with E-state index in [-0.39, 0.29) is 40.6 Å². The highest BCUT2D eigenvalue weighted by Gasteiger charge is 2.57. The molecular formula is C45H50ClF3N2O6. The molecule has 7 rings (SSSR count). The SMILES string of the molecule is CCCN(C[C@]1(O)CC[C@H]2c3ccc(cc3C(=O)c3ccc(-c4cc(C(F)(F)F)ccc4Cl)o3)C[C@@H](O)CCC(C)=CCC[C@@]21C)C(=O)Nc1ccc(OC)cc1. The average molecular weight is 807 g/mol. The Bertz CT molecular complexity index is 2110. The summed E-state index contributed by atoms with van der Waals surface area (Å²) in [4.78, 5) is 30.1. The zero-order valence-electron chi connectivity index (χ0n) is 32.7. The number of aliphatic hydroxyl groups excluding tert-OH is 1. The van der Waals surface area contributed by atoms with E-state index in [2.05, 4.69) is 11.4 Å². The minimum atomic E-state index is -4.61. The number of urea groups is 1. The van der Waals surface area contributed by atoms with Gasteiger partial charge in [-0.25, -0.2) is 4.79 Å². The van der Waals surface area contributed by atoms with Gasteiger partial charge < -0.3 is 29.6 Å². The number of alkyl halides is 3. The van der Waals surface area contributed by atoms with Crippen LogP contribution in [0, 0.1) is 5.41 Å². The third-order valence-electron chi connectivity index (χ3n) is 11.9. The summed E-state index contributed by atoms with van der Waals surface area (Å²) in [6.45, 7) is 6.52. The molecule has 3 aliphatic rings. The van der Waals surface area contributed by atoms with Crippen LogP contribution in [-0.4, -0.2) is 58.8 Å². The van der Waals surface area contributed by atoms with Gasteiger partial charge in [-0.3, -0.25) is 4.79 Å². The first-order chi connectivity index (χ1) is 27.0. The molecule has 57 heavy (non-hydrogen) atoms. The van der Waals surface area contributed by atoms with Crippen molar-refractivity contribution in [2.45, 2.75) is 95.9 Å². The Morgan fingerprint density at radius 2 is 1.79 bits per heavy atom. The quantitative estimate of drug-likeness (QED) is 0.115. The van der Waals surface area contributed by atoms with Gasteiger partial charge in [0.2, 0.25) is 5.78 Å². The minimum absolute atomic E-state index is 0.00142. The van der Waals surface area contributed by atoms with Crippen LogP contribution in [-0.2, 0) is 12.6 Å². The van der Waals surface area contributed by atoms with Gasteiger partial charge in [-0.05, 0) is 136 Å². The van der Waals surface area contributed by atoms with Gasteiger partial charge in [-0.15, -0.1) is 0 Å². The van der Waals surface area contributed by atoms with Crippen LogP contribution >= 0.6 is 11.6 Å². The number of amides is 2. The van der Waals surface area contributed by atoms with Crippen LogP contribution in [0.5, 0.6) is 5.75 Å². The van der Waals surface area contributed by atoms with Crippen LogP contribution in [0.4, 0.5) is 23.7 Å². The highest BCUT2D eigenvalue weighted by molar-refractivity contribution is 6.33.